The fourth-order valence-electron chi connectivity index (χ4n) is 7.28. The maximum absolute atomic E-state index is 7.26. The lowest BCUT2D eigenvalue weighted by Gasteiger charge is -2.56. The Kier molecular flexibility index (Phi) is 5.34. The predicted octanol–water partition coefficient (Wildman–Crippen LogP) is 5.53. The molecule has 0 radical (unpaired) electrons. The molecule has 4 aliphatic heterocycles. The van der Waals surface area contributed by atoms with Gasteiger partial charge in [0.05, 0.1) is 14.2 Å². The van der Waals surface area contributed by atoms with Gasteiger partial charge in [-0.15, -0.1) is 0 Å². The van der Waals surface area contributed by atoms with Crippen LogP contribution >= 0.6 is 0 Å². The fourth-order valence-corrected chi connectivity index (χ4v) is 7.28. The van der Waals surface area contributed by atoms with Gasteiger partial charge in [0.1, 0.15) is 0 Å². The molecule has 194 valence electrons. The van der Waals surface area contributed by atoms with E-state index in [0.29, 0.717) is 11.8 Å². The summed E-state index contributed by atoms with van der Waals surface area (Å²) in [5, 5.41) is 0. The maximum atomic E-state index is 7.26. The molecule has 0 amide bonds. The van der Waals surface area contributed by atoms with Gasteiger partial charge in [0.25, 0.3) is 0 Å². The molecule has 4 aliphatic rings. The molecule has 0 bridgehead atoms. The molecule has 2 aromatic rings. The summed E-state index contributed by atoms with van der Waals surface area (Å²) in [7, 11) is 7.91. The van der Waals surface area contributed by atoms with Crippen LogP contribution < -0.4 is 18.9 Å². The second-order valence-electron chi connectivity index (χ2n) is 11.9. The van der Waals surface area contributed by atoms with E-state index in [2.05, 4.69) is 63.7 Å². The fraction of sp³-hybridized carbons (Fsp3) is 0.600. The first kappa shape index (κ1) is 23.9. The molecule has 2 atom stereocenters. The van der Waals surface area contributed by atoms with E-state index in [1.54, 1.807) is 14.2 Å². The molecule has 0 saturated heterocycles. The third-order valence-electron chi connectivity index (χ3n) is 8.70. The predicted molar refractivity (Wildman–Crippen MR) is 141 cm³/mol. The Labute approximate surface area is 215 Å². The van der Waals surface area contributed by atoms with Crippen molar-refractivity contribution < 1.29 is 18.9 Å². The zero-order chi connectivity index (χ0) is 25.6. The third kappa shape index (κ3) is 2.97. The van der Waals surface area contributed by atoms with E-state index >= 15 is 0 Å². The lowest BCUT2D eigenvalue weighted by atomic mass is 9.71. The molecule has 6 nitrogen and oxygen atoms in total. The second-order valence-corrected chi connectivity index (χ2v) is 11.9. The van der Waals surface area contributed by atoms with Crippen LogP contribution in [0.3, 0.4) is 0 Å². The van der Waals surface area contributed by atoms with E-state index in [0.717, 1.165) is 72.9 Å². The molecule has 4 heterocycles. The van der Waals surface area contributed by atoms with Gasteiger partial charge in [0.15, 0.2) is 34.4 Å². The lowest BCUT2D eigenvalue weighted by Crippen LogP contribution is -2.58. The van der Waals surface area contributed by atoms with E-state index in [1.165, 1.54) is 22.3 Å². The number of ether oxygens (including phenoxy) is 4. The van der Waals surface area contributed by atoms with E-state index < -0.39 is 11.4 Å². The summed E-state index contributed by atoms with van der Waals surface area (Å²) in [6.07, 6.45) is 3.67. The average molecular weight is 493 g/mol. The standard InChI is InChI=1S/C30H40N2O4/c1-17(2)15-29-25-19(9-11-31(29)5)13-22(34-8)28-23(25)24-26-20(14-21(33-7)27(24)35-29)10-12-32(6)30(26,36-28)16-18(3)4/h13-14,17-18H,9-12,15-16H2,1-8H3. The van der Waals surface area contributed by atoms with E-state index in [4.69, 9.17) is 18.9 Å². The monoisotopic (exact) mass is 492 g/mol. The van der Waals surface area contributed by atoms with Crippen LogP contribution in [0.1, 0.15) is 62.8 Å². The number of nitrogens with zero attached hydrogens (tertiary/aromatic N) is 2. The summed E-state index contributed by atoms with van der Waals surface area (Å²) in [5.41, 5.74) is 6.28. The van der Waals surface area contributed by atoms with Crippen LogP contribution in [-0.2, 0) is 24.3 Å². The molecular formula is C30H40N2O4. The molecular weight excluding hydrogens is 452 g/mol. The highest BCUT2D eigenvalue weighted by atomic mass is 16.6. The Bertz CT molecular complexity index is 1140. The van der Waals surface area contributed by atoms with Crippen LogP contribution in [-0.4, -0.2) is 51.2 Å². The van der Waals surface area contributed by atoms with Crippen LogP contribution in [0.4, 0.5) is 0 Å². The van der Waals surface area contributed by atoms with E-state index in [1.807, 2.05) is 0 Å². The van der Waals surface area contributed by atoms with Gasteiger partial charge in [-0.3, -0.25) is 9.80 Å². The Morgan fingerprint density at radius 3 is 1.47 bits per heavy atom. The van der Waals surface area contributed by atoms with Gasteiger partial charge in [-0.2, -0.15) is 0 Å². The molecule has 36 heavy (non-hydrogen) atoms. The number of benzene rings is 2. The summed E-state index contributed by atoms with van der Waals surface area (Å²) in [6, 6.07) is 4.42. The van der Waals surface area contributed by atoms with Gasteiger partial charge < -0.3 is 18.9 Å². The number of hydrogen-bond donors (Lipinski definition) is 0. The molecule has 0 saturated carbocycles. The van der Waals surface area contributed by atoms with Crippen molar-refractivity contribution in [2.75, 3.05) is 41.4 Å². The van der Waals surface area contributed by atoms with Crippen LogP contribution in [0, 0.1) is 11.8 Å². The Morgan fingerprint density at radius 2 is 1.14 bits per heavy atom. The highest BCUT2D eigenvalue weighted by Gasteiger charge is 2.57. The number of methoxy groups -OCH3 is 2. The number of hydrogen-bond acceptors (Lipinski definition) is 6. The minimum absolute atomic E-state index is 0.442. The van der Waals surface area contributed by atoms with E-state index in [-0.39, 0.29) is 0 Å². The quantitative estimate of drug-likeness (QED) is 0.528. The van der Waals surface area contributed by atoms with Crippen molar-refractivity contribution in [2.24, 2.45) is 11.8 Å². The van der Waals surface area contributed by atoms with Crippen molar-refractivity contribution in [1.29, 1.82) is 0 Å². The van der Waals surface area contributed by atoms with Crippen LogP contribution in [0.5, 0.6) is 23.0 Å². The van der Waals surface area contributed by atoms with Gasteiger partial charge >= 0.3 is 0 Å². The maximum Gasteiger partial charge on any atom is 0.190 e. The molecule has 0 spiro atoms. The number of rotatable bonds is 6. The topological polar surface area (TPSA) is 43.4 Å². The number of likely N-dealkylation sites (N-methyl/N-ethyl adjacent to an activating group) is 2. The van der Waals surface area contributed by atoms with Crippen molar-refractivity contribution >= 4 is 0 Å². The van der Waals surface area contributed by atoms with Crippen molar-refractivity contribution in [3.05, 3.63) is 34.4 Å². The molecule has 0 aliphatic carbocycles. The molecule has 0 N–H and O–H groups in total. The molecule has 0 fully saturated rings. The first-order valence-electron chi connectivity index (χ1n) is 13.5. The average Bonchev–Trinajstić information content (AvgIpc) is 2.83. The summed E-state index contributed by atoms with van der Waals surface area (Å²) in [6.45, 7) is 10.9. The van der Waals surface area contributed by atoms with Gasteiger partial charge in [-0.25, -0.2) is 0 Å². The largest absolute Gasteiger partial charge is 0.493 e. The molecule has 6 rings (SSSR count). The van der Waals surface area contributed by atoms with Crippen molar-refractivity contribution in [3.63, 3.8) is 0 Å². The Hall–Kier alpha value is -2.44. The van der Waals surface area contributed by atoms with Gasteiger partial charge in [-0.1, -0.05) is 27.7 Å². The minimum Gasteiger partial charge on any atom is -0.493 e. The summed E-state index contributed by atoms with van der Waals surface area (Å²) in [4.78, 5) is 4.79. The smallest absolute Gasteiger partial charge is 0.190 e. The van der Waals surface area contributed by atoms with Crippen molar-refractivity contribution in [3.8, 4) is 34.1 Å². The van der Waals surface area contributed by atoms with Crippen LogP contribution in [0.2, 0.25) is 0 Å². The zero-order valence-corrected chi connectivity index (χ0v) is 23.1. The minimum atomic E-state index is -0.575. The van der Waals surface area contributed by atoms with Gasteiger partial charge in [-0.05, 0) is 62.0 Å². The first-order chi connectivity index (χ1) is 17.2. The highest BCUT2D eigenvalue weighted by Crippen LogP contribution is 2.66. The highest BCUT2D eigenvalue weighted by molar-refractivity contribution is 5.92. The Balaban J connectivity index is 1.78. The SMILES string of the molecule is COc1cc2c3c4c1OC1(CC(C)C)c5c(cc(OC)c(c5-4)OC3(CC(C)C)N(C)CC2)CCN1C. The van der Waals surface area contributed by atoms with Gasteiger partial charge in [0.2, 0.25) is 0 Å². The van der Waals surface area contributed by atoms with Gasteiger partial charge in [0, 0.05) is 48.2 Å². The first-order valence-corrected chi connectivity index (χ1v) is 13.5. The molecule has 6 heteroatoms. The summed E-state index contributed by atoms with van der Waals surface area (Å²) < 4.78 is 26.6. The van der Waals surface area contributed by atoms with Crippen molar-refractivity contribution in [2.45, 2.75) is 64.8 Å². The van der Waals surface area contributed by atoms with Crippen molar-refractivity contribution in [1.82, 2.24) is 9.80 Å². The third-order valence-corrected chi connectivity index (χ3v) is 8.70. The zero-order valence-electron chi connectivity index (χ0n) is 23.1. The summed E-state index contributed by atoms with van der Waals surface area (Å²) >= 11 is 0. The van der Waals surface area contributed by atoms with E-state index in [9.17, 15) is 0 Å². The molecule has 0 aromatic heterocycles. The van der Waals surface area contributed by atoms with Crippen LogP contribution in [0.15, 0.2) is 12.1 Å². The molecule has 2 unspecified atom stereocenters. The Morgan fingerprint density at radius 1 is 0.750 bits per heavy atom. The normalized spacial score (nSPS) is 25.9. The second kappa shape index (κ2) is 8.03. The lowest BCUT2D eigenvalue weighted by molar-refractivity contribution is -0.116. The van der Waals surface area contributed by atoms with Crippen LogP contribution in [0.25, 0.3) is 11.1 Å². The summed E-state index contributed by atoms with van der Waals surface area (Å²) in [5.74, 6) is 4.22. The molecule has 2 aromatic carbocycles.